The van der Waals surface area contributed by atoms with E-state index in [-0.39, 0.29) is 5.57 Å². The van der Waals surface area contributed by atoms with E-state index in [0.29, 0.717) is 28.1 Å². The number of nitrogens with one attached hydrogen (secondary N) is 1. The Bertz CT molecular complexity index is 1210. The maximum atomic E-state index is 12.7. The van der Waals surface area contributed by atoms with Crippen LogP contribution < -0.4 is 10.1 Å². The lowest BCUT2D eigenvalue weighted by molar-refractivity contribution is -0.112. The highest BCUT2D eigenvalue weighted by Gasteiger charge is 2.15. The molecule has 0 aliphatic heterocycles. The third-order valence-corrected chi connectivity index (χ3v) is 5.44. The van der Waals surface area contributed by atoms with Crippen molar-refractivity contribution in [2.75, 3.05) is 11.9 Å². The smallest absolute Gasteiger partial charge is 0.266 e. The van der Waals surface area contributed by atoms with Gasteiger partial charge in [-0.05, 0) is 68.8 Å². The van der Waals surface area contributed by atoms with E-state index < -0.39 is 5.91 Å². The summed E-state index contributed by atoms with van der Waals surface area (Å²) in [6.45, 7) is 6.27. The molecule has 0 saturated carbocycles. The normalized spacial score (nSPS) is 11.2. The first-order valence-electron chi connectivity index (χ1n) is 9.64. The number of halogens is 2. The van der Waals surface area contributed by atoms with Gasteiger partial charge in [0, 0.05) is 28.8 Å². The van der Waals surface area contributed by atoms with Crippen LogP contribution in [0.5, 0.6) is 5.75 Å². The van der Waals surface area contributed by atoms with Crippen LogP contribution in [0, 0.1) is 25.2 Å². The summed E-state index contributed by atoms with van der Waals surface area (Å²) in [5.41, 5.74) is 3.96. The molecule has 0 unspecified atom stereocenters. The molecule has 31 heavy (non-hydrogen) atoms. The number of rotatable bonds is 6. The third kappa shape index (κ3) is 5.11. The maximum absolute atomic E-state index is 12.7. The van der Waals surface area contributed by atoms with Crippen molar-refractivity contribution in [3.63, 3.8) is 0 Å². The van der Waals surface area contributed by atoms with Crippen LogP contribution in [-0.2, 0) is 4.79 Å². The minimum absolute atomic E-state index is 0.00352. The largest absolute Gasteiger partial charge is 0.494 e. The summed E-state index contributed by atoms with van der Waals surface area (Å²) in [6, 6.07) is 16.3. The number of carbonyl (C=O) groups is 1. The summed E-state index contributed by atoms with van der Waals surface area (Å²) in [7, 11) is 0. The van der Waals surface area contributed by atoms with Crippen molar-refractivity contribution < 1.29 is 9.53 Å². The van der Waals surface area contributed by atoms with Gasteiger partial charge in [0.2, 0.25) is 0 Å². The number of hydrogen-bond acceptors (Lipinski definition) is 3. The maximum Gasteiger partial charge on any atom is 0.266 e. The molecule has 158 valence electrons. The second-order valence-electron chi connectivity index (χ2n) is 6.85. The van der Waals surface area contributed by atoms with Gasteiger partial charge in [0.05, 0.1) is 16.7 Å². The van der Waals surface area contributed by atoms with Crippen molar-refractivity contribution in [2.24, 2.45) is 0 Å². The molecular formula is C24H21Cl2N3O2. The van der Waals surface area contributed by atoms with Crippen LogP contribution >= 0.6 is 23.2 Å². The van der Waals surface area contributed by atoms with Crippen molar-refractivity contribution in [3.8, 4) is 17.5 Å². The van der Waals surface area contributed by atoms with Gasteiger partial charge in [-0.15, -0.1) is 0 Å². The van der Waals surface area contributed by atoms with Crippen LogP contribution in [0.15, 0.2) is 54.1 Å². The SMILES string of the molecule is CCOc1cccc(NC(=O)/C(C#N)=C\c2cc(C)n(-c3ccc(Cl)c(Cl)c3)c2C)c1. The highest BCUT2D eigenvalue weighted by molar-refractivity contribution is 6.42. The number of carbonyl (C=O) groups excluding carboxylic acids is 1. The highest BCUT2D eigenvalue weighted by Crippen LogP contribution is 2.28. The van der Waals surface area contributed by atoms with Gasteiger partial charge in [-0.3, -0.25) is 4.79 Å². The monoisotopic (exact) mass is 453 g/mol. The Balaban J connectivity index is 1.90. The Labute approximate surface area is 191 Å². The summed E-state index contributed by atoms with van der Waals surface area (Å²) in [5.74, 6) is 0.156. The molecule has 5 nitrogen and oxygen atoms in total. The van der Waals surface area contributed by atoms with E-state index in [9.17, 15) is 10.1 Å². The second-order valence-corrected chi connectivity index (χ2v) is 7.66. The average Bonchev–Trinajstić information content (AvgIpc) is 3.01. The number of nitriles is 1. The number of benzene rings is 2. The summed E-state index contributed by atoms with van der Waals surface area (Å²) < 4.78 is 7.44. The standard InChI is InChI=1S/C24H21Cl2N3O2/c1-4-31-21-7-5-6-19(12-21)28-24(30)18(14-27)11-17-10-15(2)29(16(17)3)20-8-9-22(25)23(26)13-20/h5-13H,4H2,1-3H3,(H,28,30)/b18-11-. The molecule has 0 aliphatic rings. The van der Waals surface area contributed by atoms with Crippen molar-refractivity contribution in [2.45, 2.75) is 20.8 Å². The zero-order valence-electron chi connectivity index (χ0n) is 17.4. The molecule has 0 saturated heterocycles. The minimum Gasteiger partial charge on any atom is -0.494 e. The topological polar surface area (TPSA) is 67.0 Å². The number of aryl methyl sites for hydroxylation is 1. The second kappa shape index (κ2) is 9.74. The molecule has 0 radical (unpaired) electrons. The van der Waals surface area contributed by atoms with Crippen LogP contribution in [0.2, 0.25) is 10.0 Å². The molecule has 0 bridgehead atoms. The molecule has 0 fully saturated rings. The van der Waals surface area contributed by atoms with E-state index in [1.54, 1.807) is 42.5 Å². The van der Waals surface area contributed by atoms with E-state index in [0.717, 1.165) is 22.6 Å². The van der Waals surface area contributed by atoms with Crippen LogP contribution in [0.3, 0.4) is 0 Å². The molecule has 1 amide bonds. The molecule has 7 heteroatoms. The van der Waals surface area contributed by atoms with Crippen molar-refractivity contribution >= 4 is 40.9 Å². The van der Waals surface area contributed by atoms with Crippen molar-refractivity contribution in [3.05, 3.63) is 81.1 Å². The summed E-state index contributed by atoms with van der Waals surface area (Å²) >= 11 is 12.2. The lowest BCUT2D eigenvalue weighted by Gasteiger charge is -2.11. The lowest BCUT2D eigenvalue weighted by atomic mass is 10.1. The first kappa shape index (κ1) is 22.5. The molecule has 0 spiro atoms. The first-order valence-corrected chi connectivity index (χ1v) is 10.4. The molecule has 0 aliphatic carbocycles. The highest BCUT2D eigenvalue weighted by atomic mass is 35.5. The van der Waals surface area contributed by atoms with Crippen LogP contribution in [0.1, 0.15) is 23.9 Å². The fourth-order valence-electron chi connectivity index (χ4n) is 3.29. The Morgan fingerprint density at radius 2 is 1.94 bits per heavy atom. The van der Waals surface area contributed by atoms with Gasteiger partial charge in [-0.1, -0.05) is 29.3 Å². The molecule has 1 aromatic heterocycles. The van der Waals surface area contributed by atoms with E-state index in [2.05, 4.69) is 5.32 Å². The predicted octanol–water partition coefficient (Wildman–Crippen LogP) is 6.35. The molecule has 1 N–H and O–H groups in total. The summed E-state index contributed by atoms with van der Waals surface area (Å²) in [6.07, 6.45) is 1.58. The number of amides is 1. The third-order valence-electron chi connectivity index (χ3n) is 4.70. The van der Waals surface area contributed by atoms with Crippen molar-refractivity contribution in [1.29, 1.82) is 5.26 Å². The number of nitrogens with zero attached hydrogens (tertiary/aromatic N) is 2. The van der Waals surface area contributed by atoms with Crippen molar-refractivity contribution in [1.82, 2.24) is 4.57 Å². The number of hydrogen-bond donors (Lipinski definition) is 1. The predicted molar refractivity (Wildman–Crippen MR) is 125 cm³/mol. The van der Waals surface area contributed by atoms with Gasteiger partial charge in [0.15, 0.2) is 0 Å². The molecule has 0 atom stereocenters. The summed E-state index contributed by atoms with van der Waals surface area (Å²) in [4.78, 5) is 12.7. The van der Waals surface area contributed by atoms with Crippen LogP contribution in [-0.4, -0.2) is 17.1 Å². The molecular weight excluding hydrogens is 433 g/mol. The van der Waals surface area contributed by atoms with Gasteiger partial charge in [0.1, 0.15) is 17.4 Å². The van der Waals surface area contributed by atoms with Gasteiger partial charge >= 0.3 is 0 Å². The quantitative estimate of drug-likeness (QED) is 0.349. The fraction of sp³-hybridized carbons (Fsp3) is 0.167. The Kier molecular flexibility index (Phi) is 7.06. The Hall–Kier alpha value is -3.20. The Morgan fingerprint density at radius 1 is 1.16 bits per heavy atom. The molecule has 3 rings (SSSR count). The fourth-order valence-corrected chi connectivity index (χ4v) is 3.58. The molecule has 3 aromatic rings. The van der Waals surface area contributed by atoms with Gasteiger partial charge in [-0.25, -0.2) is 0 Å². The zero-order valence-corrected chi connectivity index (χ0v) is 18.9. The van der Waals surface area contributed by atoms with Crippen LogP contribution in [0.4, 0.5) is 5.69 Å². The summed E-state index contributed by atoms with van der Waals surface area (Å²) in [5, 5.41) is 13.3. The van der Waals surface area contributed by atoms with Gasteiger partial charge in [-0.2, -0.15) is 5.26 Å². The zero-order chi connectivity index (χ0) is 22.5. The number of anilines is 1. The van der Waals surface area contributed by atoms with Gasteiger partial charge in [0.25, 0.3) is 5.91 Å². The Morgan fingerprint density at radius 3 is 2.61 bits per heavy atom. The molecule has 2 aromatic carbocycles. The van der Waals surface area contributed by atoms with Crippen LogP contribution in [0.25, 0.3) is 11.8 Å². The number of aromatic nitrogens is 1. The lowest BCUT2D eigenvalue weighted by Crippen LogP contribution is -2.13. The van der Waals surface area contributed by atoms with E-state index in [1.807, 2.05) is 43.5 Å². The average molecular weight is 454 g/mol. The molecule has 1 heterocycles. The number of ether oxygens (including phenoxy) is 1. The van der Waals surface area contributed by atoms with E-state index in [1.165, 1.54) is 0 Å². The first-order chi connectivity index (χ1) is 14.8. The van der Waals surface area contributed by atoms with Gasteiger partial charge < -0.3 is 14.6 Å². The van der Waals surface area contributed by atoms with E-state index >= 15 is 0 Å². The minimum atomic E-state index is -0.490. The van der Waals surface area contributed by atoms with E-state index in [4.69, 9.17) is 27.9 Å².